The summed E-state index contributed by atoms with van der Waals surface area (Å²) in [7, 11) is 0. The third kappa shape index (κ3) is 12.9. The van der Waals surface area contributed by atoms with Crippen LogP contribution in [0.3, 0.4) is 0 Å². The maximum atomic E-state index is 5.95. The fourth-order valence-electron chi connectivity index (χ4n) is 3.36. The van der Waals surface area contributed by atoms with Gasteiger partial charge in [0.2, 0.25) is 0 Å². The van der Waals surface area contributed by atoms with E-state index in [1.165, 1.54) is 95.5 Å². The lowest BCUT2D eigenvalue weighted by Gasteiger charge is -2.07. The quantitative estimate of drug-likeness (QED) is 0.239. The molecule has 0 aliphatic carbocycles. The summed E-state index contributed by atoms with van der Waals surface area (Å²) in [6, 6.07) is 8.13. The van der Waals surface area contributed by atoms with Gasteiger partial charge in [-0.1, -0.05) is 109 Å². The van der Waals surface area contributed by atoms with E-state index in [0.29, 0.717) is 0 Å². The number of rotatable bonds is 17. The number of para-hydroxylation sites is 1. The summed E-state index contributed by atoms with van der Waals surface area (Å²) >= 11 is 0. The minimum atomic E-state index is 0.894. The molecule has 0 heterocycles. The van der Waals surface area contributed by atoms with Gasteiger partial charge in [-0.3, -0.25) is 0 Å². The Morgan fingerprint density at radius 2 is 1.16 bits per heavy atom. The van der Waals surface area contributed by atoms with Crippen LogP contribution in [0.2, 0.25) is 0 Å². The van der Waals surface area contributed by atoms with Crippen LogP contribution in [-0.4, -0.2) is 6.54 Å². The van der Waals surface area contributed by atoms with Crippen molar-refractivity contribution >= 4 is 5.69 Å². The number of nitrogens with one attached hydrogen (secondary N) is 1. The molecule has 25 heavy (non-hydrogen) atoms. The zero-order valence-corrected chi connectivity index (χ0v) is 16.7. The lowest BCUT2D eigenvalue weighted by atomic mass is 10.0. The van der Waals surface area contributed by atoms with Crippen LogP contribution < -0.4 is 11.1 Å². The molecule has 3 N–H and O–H groups in total. The van der Waals surface area contributed by atoms with E-state index in [0.717, 1.165) is 18.8 Å². The van der Waals surface area contributed by atoms with E-state index in [-0.39, 0.29) is 0 Å². The zero-order valence-electron chi connectivity index (χ0n) is 16.7. The molecule has 1 aromatic rings. The molecule has 0 aliphatic rings. The molecular formula is C23H42N2. The van der Waals surface area contributed by atoms with Crippen LogP contribution in [0.25, 0.3) is 0 Å². The van der Waals surface area contributed by atoms with Gasteiger partial charge >= 0.3 is 0 Å². The number of hydrogen-bond donors (Lipinski definition) is 2. The fourth-order valence-corrected chi connectivity index (χ4v) is 3.36. The predicted octanol–water partition coefficient (Wildman–Crippen LogP) is 6.84. The van der Waals surface area contributed by atoms with E-state index in [9.17, 15) is 0 Å². The van der Waals surface area contributed by atoms with E-state index < -0.39 is 0 Å². The number of nitrogen functional groups attached to an aromatic ring is 1. The van der Waals surface area contributed by atoms with E-state index in [1.807, 2.05) is 12.1 Å². The summed E-state index contributed by atoms with van der Waals surface area (Å²) in [6.45, 7) is 4.29. The average Bonchev–Trinajstić information content (AvgIpc) is 2.63. The molecule has 2 nitrogen and oxygen atoms in total. The van der Waals surface area contributed by atoms with Crippen LogP contribution in [0.15, 0.2) is 24.3 Å². The Bertz CT molecular complexity index is 403. The molecule has 0 atom stereocenters. The van der Waals surface area contributed by atoms with Crippen LogP contribution in [0, 0.1) is 0 Å². The highest BCUT2D eigenvalue weighted by atomic mass is 14.8. The van der Waals surface area contributed by atoms with Gasteiger partial charge in [-0.05, 0) is 24.6 Å². The third-order valence-electron chi connectivity index (χ3n) is 5.08. The highest BCUT2D eigenvalue weighted by Gasteiger charge is 1.97. The minimum absolute atomic E-state index is 0.894. The summed E-state index contributed by atoms with van der Waals surface area (Å²) in [4.78, 5) is 0. The number of unbranched alkanes of at least 4 members (excludes halogenated alkanes) is 13. The van der Waals surface area contributed by atoms with Crippen molar-refractivity contribution in [2.75, 3.05) is 12.3 Å². The third-order valence-corrected chi connectivity index (χ3v) is 5.08. The van der Waals surface area contributed by atoms with Gasteiger partial charge in [0.05, 0.1) is 0 Å². The van der Waals surface area contributed by atoms with Gasteiger partial charge in [-0.2, -0.15) is 0 Å². The molecule has 0 saturated heterocycles. The van der Waals surface area contributed by atoms with E-state index in [4.69, 9.17) is 5.73 Å². The standard InChI is InChI=1S/C23H42N2/c1-2-3-4-5-6-7-8-9-10-11-12-13-14-17-20-25-21-22-18-15-16-19-23(22)24/h15-16,18-19,25H,2-14,17,20-21,24H2,1H3. The monoisotopic (exact) mass is 346 g/mol. The highest BCUT2D eigenvalue weighted by Crippen LogP contribution is 2.13. The van der Waals surface area contributed by atoms with Crippen molar-refractivity contribution in [1.29, 1.82) is 0 Å². The van der Waals surface area contributed by atoms with Crippen LogP contribution in [-0.2, 0) is 6.54 Å². The Hall–Kier alpha value is -1.02. The molecule has 0 amide bonds. The van der Waals surface area contributed by atoms with Crippen molar-refractivity contribution in [2.24, 2.45) is 0 Å². The van der Waals surface area contributed by atoms with Gasteiger partial charge < -0.3 is 11.1 Å². The molecule has 1 rings (SSSR count). The Balaban J connectivity index is 1.75. The molecule has 0 saturated carbocycles. The van der Waals surface area contributed by atoms with E-state index >= 15 is 0 Å². The fraction of sp³-hybridized carbons (Fsp3) is 0.739. The molecule has 1 aromatic carbocycles. The van der Waals surface area contributed by atoms with Crippen molar-refractivity contribution in [3.8, 4) is 0 Å². The Kier molecular flexibility index (Phi) is 14.5. The normalized spacial score (nSPS) is 11.1. The van der Waals surface area contributed by atoms with Crippen LogP contribution in [0.5, 0.6) is 0 Å². The number of hydrogen-bond acceptors (Lipinski definition) is 2. The second kappa shape index (κ2) is 16.4. The predicted molar refractivity (Wildman–Crippen MR) is 113 cm³/mol. The van der Waals surface area contributed by atoms with Crippen LogP contribution >= 0.6 is 0 Å². The van der Waals surface area contributed by atoms with Gasteiger partial charge in [0, 0.05) is 12.2 Å². The van der Waals surface area contributed by atoms with Crippen molar-refractivity contribution in [2.45, 2.75) is 103 Å². The zero-order chi connectivity index (χ0) is 18.0. The highest BCUT2D eigenvalue weighted by molar-refractivity contribution is 5.46. The number of anilines is 1. The van der Waals surface area contributed by atoms with Crippen molar-refractivity contribution in [3.63, 3.8) is 0 Å². The lowest BCUT2D eigenvalue weighted by Crippen LogP contribution is -2.15. The first-order chi connectivity index (χ1) is 12.3. The Morgan fingerprint density at radius 3 is 1.68 bits per heavy atom. The van der Waals surface area contributed by atoms with Gasteiger partial charge in [0.15, 0.2) is 0 Å². The average molecular weight is 347 g/mol. The van der Waals surface area contributed by atoms with Gasteiger partial charge in [0.1, 0.15) is 0 Å². The smallest absolute Gasteiger partial charge is 0.0359 e. The number of nitrogens with two attached hydrogens (primary N) is 1. The molecule has 0 fully saturated rings. The molecule has 0 radical (unpaired) electrons. The first kappa shape index (κ1) is 22.0. The summed E-state index contributed by atoms with van der Waals surface area (Å²) in [5.41, 5.74) is 8.06. The summed E-state index contributed by atoms with van der Waals surface area (Å²) in [5.74, 6) is 0. The molecular weight excluding hydrogens is 304 g/mol. The molecule has 0 spiro atoms. The first-order valence-corrected chi connectivity index (χ1v) is 10.9. The molecule has 2 heteroatoms. The first-order valence-electron chi connectivity index (χ1n) is 10.9. The minimum Gasteiger partial charge on any atom is -0.398 e. The molecule has 0 unspecified atom stereocenters. The maximum absolute atomic E-state index is 5.95. The molecule has 0 aliphatic heterocycles. The van der Waals surface area contributed by atoms with Gasteiger partial charge in [-0.25, -0.2) is 0 Å². The summed E-state index contributed by atoms with van der Waals surface area (Å²) in [6.07, 6.45) is 19.9. The maximum Gasteiger partial charge on any atom is 0.0359 e. The van der Waals surface area contributed by atoms with E-state index in [1.54, 1.807) is 0 Å². The van der Waals surface area contributed by atoms with E-state index in [2.05, 4.69) is 24.4 Å². The second-order valence-electron chi connectivity index (χ2n) is 7.47. The Morgan fingerprint density at radius 1 is 0.680 bits per heavy atom. The number of benzene rings is 1. The molecule has 144 valence electrons. The largest absolute Gasteiger partial charge is 0.398 e. The van der Waals surface area contributed by atoms with Crippen molar-refractivity contribution in [3.05, 3.63) is 29.8 Å². The Labute approximate surface area is 157 Å². The SMILES string of the molecule is CCCCCCCCCCCCCCCCNCc1ccccc1N. The lowest BCUT2D eigenvalue weighted by molar-refractivity contribution is 0.529. The van der Waals surface area contributed by atoms with Crippen molar-refractivity contribution < 1.29 is 0 Å². The molecule has 0 bridgehead atoms. The summed E-state index contributed by atoms with van der Waals surface area (Å²) in [5, 5.41) is 3.51. The second-order valence-corrected chi connectivity index (χ2v) is 7.47. The molecule has 0 aromatic heterocycles. The summed E-state index contributed by atoms with van der Waals surface area (Å²) < 4.78 is 0. The van der Waals surface area contributed by atoms with Gasteiger partial charge in [0.25, 0.3) is 0 Å². The topological polar surface area (TPSA) is 38.0 Å². The van der Waals surface area contributed by atoms with Crippen LogP contribution in [0.1, 0.15) is 102 Å². The van der Waals surface area contributed by atoms with Crippen molar-refractivity contribution in [1.82, 2.24) is 5.32 Å². The van der Waals surface area contributed by atoms with Gasteiger partial charge in [-0.15, -0.1) is 0 Å². The van der Waals surface area contributed by atoms with Crippen LogP contribution in [0.4, 0.5) is 5.69 Å².